The lowest BCUT2D eigenvalue weighted by Crippen LogP contribution is -2.35. The fourth-order valence-corrected chi connectivity index (χ4v) is 4.70. The summed E-state index contributed by atoms with van der Waals surface area (Å²) >= 11 is 0. The summed E-state index contributed by atoms with van der Waals surface area (Å²) < 4.78 is 48.0. The van der Waals surface area contributed by atoms with E-state index in [2.05, 4.69) is 15.3 Å². The predicted molar refractivity (Wildman–Crippen MR) is 147 cm³/mol. The molecule has 4 heterocycles. The van der Waals surface area contributed by atoms with Crippen molar-refractivity contribution in [1.82, 2.24) is 24.6 Å². The van der Waals surface area contributed by atoms with Crippen molar-refractivity contribution in [3.05, 3.63) is 60.0 Å². The van der Waals surface area contributed by atoms with Crippen LogP contribution in [0, 0.1) is 0 Å². The van der Waals surface area contributed by atoms with Crippen LogP contribution in [-0.2, 0) is 18.0 Å². The maximum absolute atomic E-state index is 13.0. The molecule has 4 aromatic rings. The van der Waals surface area contributed by atoms with Gasteiger partial charge in [-0.25, -0.2) is 19.0 Å². The van der Waals surface area contributed by atoms with Crippen LogP contribution in [-0.4, -0.2) is 55.3 Å². The maximum atomic E-state index is 13.0. The van der Waals surface area contributed by atoms with E-state index in [9.17, 15) is 22.8 Å². The zero-order valence-corrected chi connectivity index (χ0v) is 23.4. The molecule has 11 nitrogen and oxygen atoms in total. The normalized spacial score (nSPS) is 15.7. The summed E-state index contributed by atoms with van der Waals surface area (Å²) in [4.78, 5) is 35.4. The van der Waals surface area contributed by atoms with E-state index in [-0.39, 0.29) is 17.4 Å². The monoisotopic (exact) mass is 583 g/mol. The zero-order chi connectivity index (χ0) is 30.4. The van der Waals surface area contributed by atoms with Gasteiger partial charge in [-0.2, -0.15) is 18.3 Å². The lowest BCUT2D eigenvalue weighted by molar-refractivity contribution is -0.658. The highest BCUT2D eigenvalue weighted by atomic mass is 19.4. The van der Waals surface area contributed by atoms with Gasteiger partial charge in [0.25, 0.3) is 5.91 Å². The van der Waals surface area contributed by atoms with E-state index in [4.69, 9.17) is 15.6 Å². The Bertz CT molecular complexity index is 1660. The Morgan fingerprint density at radius 2 is 1.83 bits per heavy atom. The van der Waals surface area contributed by atoms with E-state index < -0.39 is 29.3 Å². The number of nitrogens with zero attached hydrogens (tertiary/aromatic N) is 6. The molecular weight excluding hydrogens is 553 g/mol. The minimum Gasteiger partial charge on any atom is -0.444 e. The van der Waals surface area contributed by atoms with Crippen molar-refractivity contribution >= 4 is 34.7 Å². The van der Waals surface area contributed by atoms with Crippen molar-refractivity contribution < 1.29 is 32.1 Å². The molecule has 0 saturated carbocycles. The number of anilines is 2. The van der Waals surface area contributed by atoms with Gasteiger partial charge < -0.3 is 20.7 Å². The summed E-state index contributed by atoms with van der Waals surface area (Å²) in [6.45, 7) is 6.33. The fraction of sp³-hybridized carbons (Fsp3) is 0.357. The molecule has 2 amide bonds. The van der Waals surface area contributed by atoms with Gasteiger partial charge in [0.15, 0.2) is 0 Å². The molecule has 42 heavy (non-hydrogen) atoms. The first-order valence-corrected chi connectivity index (χ1v) is 13.2. The Balaban J connectivity index is 1.42. The number of ether oxygens (including phenoxy) is 1. The lowest BCUT2D eigenvalue weighted by atomic mass is 10.1. The van der Waals surface area contributed by atoms with E-state index in [1.54, 1.807) is 39.7 Å². The van der Waals surface area contributed by atoms with E-state index in [1.165, 1.54) is 12.1 Å². The van der Waals surface area contributed by atoms with Gasteiger partial charge in [-0.15, -0.1) is 0 Å². The minimum absolute atomic E-state index is 0.168. The zero-order valence-electron chi connectivity index (χ0n) is 23.4. The number of nitrogens with one attached hydrogen (secondary N) is 1. The van der Waals surface area contributed by atoms with Gasteiger partial charge in [-0.3, -0.25) is 4.79 Å². The molecule has 1 saturated heterocycles. The van der Waals surface area contributed by atoms with Gasteiger partial charge in [0.1, 0.15) is 22.5 Å². The molecule has 1 fully saturated rings. The number of fused-ring (bicyclic) bond motifs is 1. The summed E-state index contributed by atoms with van der Waals surface area (Å²) in [5.74, 6) is -0.405. The Labute approximate surface area is 239 Å². The van der Waals surface area contributed by atoms with Crippen LogP contribution >= 0.6 is 0 Å². The number of nitrogens with two attached hydrogens (primary N) is 1. The second-order valence-corrected chi connectivity index (χ2v) is 11.1. The Kier molecular flexibility index (Phi) is 7.25. The van der Waals surface area contributed by atoms with Crippen LogP contribution in [0.2, 0.25) is 0 Å². The number of nitrogen functional groups attached to an aromatic ring is 1. The number of alkyl halides is 3. The van der Waals surface area contributed by atoms with E-state index >= 15 is 0 Å². The highest BCUT2D eigenvalue weighted by Crippen LogP contribution is 2.34. The molecule has 1 aliphatic heterocycles. The SMILES string of the molecule is C[n+]1cnc2c(c(-c3ccc(C(=O)Nc4cc(C(F)(F)F)ccn4)cc3)nn2C2CCN(C(=O)OC(C)(C)C)C2)c1N. The van der Waals surface area contributed by atoms with Crippen molar-refractivity contribution in [3.63, 3.8) is 0 Å². The number of carbonyl (C=O) groups excluding carboxylic acids is 2. The van der Waals surface area contributed by atoms with Crippen LogP contribution in [0.4, 0.5) is 29.6 Å². The Hall–Kier alpha value is -4.75. The number of pyridine rings is 1. The molecule has 5 rings (SSSR count). The molecule has 0 spiro atoms. The molecule has 1 atom stereocenters. The van der Waals surface area contributed by atoms with Crippen molar-refractivity contribution in [1.29, 1.82) is 0 Å². The molecule has 1 aliphatic rings. The molecule has 220 valence electrons. The molecule has 14 heteroatoms. The summed E-state index contributed by atoms with van der Waals surface area (Å²) in [6, 6.07) is 7.86. The second-order valence-electron chi connectivity index (χ2n) is 11.1. The number of rotatable bonds is 4. The largest absolute Gasteiger partial charge is 0.444 e. The highest BCUT2D eigenvalue weighted by Gasteiger charge is 2.34. The minimum atomic E-state index is -4.56. The molecule has 0 radical (unpaired) electrons. The number of benzene rings is 1. The van der Waals surface area contributed by atoms with E-state index in [0.717, 1.165) is 18.3 Å². The third-order valence-electron chi connectivity index (χ3n) is 6.78. The number of likely N-dealkylation sites (tertiary alicyclic amines) is 1. The first-order valence-electron chi connectivity index (χ1n) is 13.2. The van der Waals surface area contributed by atoms with Crippen LogP contribution < -0.4 is 15.6 Å². The lowest BCUT2D eigenvalue weighted by Gasteiger charge is -2.24. The molecule has 3 N–H and O–H groups in total. The number of aromatic nitrogens is 5. The summed E-state index contributed by atoms with van der Waals surface area (Å²) in [5, 5.41) is 7.86. The van der Waals surface area contributed by atoms with E-state index in [0.29, 0.717) is 47.6 Å². The molecule has 0 bridgehead atoms. The topological polar surface area (TPSA) is 132 Å². The van der Waals surface area contributed by atoms with Crippen molar-refractivity contribution in [2.24, 2.45) is 7.05 Å². The molecule has 3 aromatic heterocycles. The first kappa shape index (κ1) is 28.8. The third-order valence-corrected chi connectivity index (χ3v) is 6.78. The average molecular weight is 584 g/mol. The van der Waals surface area contributed by atoms with Crippen LogP contribution in [0.5, 0.6) is 0 Å². The number of halogens is 3. The summed E-state index contributed by atoms with van der Waals surface area (Å²) in [5.41, 5.74) is 6.87. The van der Waals surface area contributed by atoms with Crippen molar-refractivity contribution in [2.45, 2.75) is 45.0 Å². The van der Waals surface area contributed by atoms with Gasteiger partial charge in [0.2, 0.25) is 17.8 Å². The maximum Gasteiger partial charge on any atom is 0.416 e. The first-order chi connectivity index (χ1) is 19.7. The van der Waals surface area contributed by atoms with Crippen LogP contribution in [0.1, 0.15) is 49.2 Å². The van der Waals surface area contributed by atoms with Crippen LogP contribution in [0.15, 0.2) is 48.9 Å². The average Bonchev–Trinajstić information content (AvgIpc) is 3.55. The molecule has 1 aromatic carbocycles. The third kappa shape index (κ3) is 5.83. The number of hydrogen-bond acceptors (Lipinski definition) is 7. The quantitative estimate of drug-likeness (QED) is 0.342. The van der Waals surface area contributed by atoms with Crippen molar-refractivity contribution in [3.8, 4) is 11.3 Å². The molecule has 0 aliphatic carbocycles. The predicted octanol–water partition coefficient (Wildman–Crippen LogP) is 4.35. The number of amides is 2. The van der Waals surface area contributed by atoms with Gasteiger partial charge in [0, 0.05) is 30.4 Å². The Morgan fingerprint density at radius 1 is 1.12 bits per heavy atom. The van der Waals surface area contributed by atoms with E-state index in [1.807, 2.05) is 20.8 Å². The van der Waals surface area contributed by atoms with Crippen LogP contribution in [0.3, 0.4) is 0 Å². The fourth-order valence-electron chi connectivity index (χ4n) is 4.70. The number of carbonyl (C=O) groups is 2. The molecule has 1 unspecified atom stereocenters. The standard InChI is InChI=1S/C28H29F3N8O3/c1-27(2,3)42-26(41)38-12-10-19(14-38)39-24-21(23(32)37(4)15-34-24)22(36-39)16-5-7-17(8-6-16)25(40)35-20-13-18(9-11-33-20)28(29,30)31/h5-9,11,13,15,19,32H,10,12,14H2,1-4H3,(H,33,35,40)/p+1. The Morgan fingerprint density at radius 3 is 2.50 bits per heavy atom. The summed E-state index contributed by atoms with van der Waals surface area (Å²) in [7, 11) is 1.76. The van der Waals surface area contributed by atoms with Crippen LogP contribution in [0.25, 0.3) is 22.3 Å². The smallest absolute Gasteiger partial charge is 0.416 e. The number of aryl methyl sites for hydroxylation is 1. The van der Waals surface area contributed by atoms with Gasteiger partial charge in [0.05, 0.1) is 18.7 Å². The highest BCUT2D eigenvalue weighted by molar-refractivity contribution is 6.04. The van der Waals surface area contributed by atoms with Gasteiger partial charge in [-0.05, 0) is 51.5 Å². The van der Waals surface area contributed by atoms with Crippen molar-refractivity contribution in [2.75, 3.05) is 24.1 Å². The number of hydrogen-bond donors (Lipinski definition) is 2. The molecular formula is C28H30F3N8O3+. The van der Waals surface area contributed by atoms with Gasteiger partial charge >= 0.3 is 12.3 Å². The summed E-state index contributed by atoms with van der Waals surface area (Å²) in [6.07, 6.45) is -1.74. The van der Waals surface area contributed by atoms with Gasteiger partial charge in [-0.1, -0.05) is 17.1 Å². The second kappa shape index (κ2) is 10.6.